The number of imide groups is 1. The van der Waals surface area contributed by atoms with Crippen LogP contribution in [-0.4, -0.2) is 65.3 Å². The van der Waals surface area contributed by atoms with Crippen LogP contribution in [0.1, 0.15) is 24.2 Å². The first-order valence-electron chi connectivity index (χ1n) is 7.54. The van der Waals surface area contributed by atoms with Crippen molar-refractivity contribution in [2.24, 2.45) is 0 Å². The summed E-state index contributed by atoms with van der Waals surface area (Å²) in [5.41, 5.74) is -1.06. The number of aliphatic hydroxyl groups excluding tert-OH is 1. The molecule has 1 aromatic rings. The number of sulfonamides is 1. The zero-order chi connectivity index (χ0) is 18.6. The van der Waals surface area contributed by atoms with Crippen LogP contribution < -0.4 is 5.32 Å². The summed E-state index contributed by atoms with van der Waals surface area (Å²) in [5.74, 6) is -1.28. The molecule has 1 saturated heterocycles. The van der Waals surface area contributed by atoms with Crippen molar-refractivity contribution in [3.63, 3.8) is 0 Å². The monoisotopic (exact) mass is 367 g/mol. The molecule has 3 rings (SSSR count). The number of amides is 4. The molecule has 0 bridgehead atoms. The number of urea groups is 1. The van der Waals surface area contributed by atoms with Gasteiger partial charge in [-0.2, -0.15) is 0 Å². The lowest BCUT2D eigenvalue weighted by Gasteiger charge is -2.22. The predicted octanol–water partition coefficient (Wildman–Crippen LogP) is -0.478. The summed E-state index contributed by atoms with van der Waals surface area (Å²) in [5, 5.41) is 12.6. The maximum absolute atomic E-state index is 12.4. The third kappa shape index (κ3) is 2.67. The van der Waals surface area contributed by atoms with Crippen LogP contribution >= 0.6 is 0 Å². The zero-order valence-electron chi connectivity index (χ0n) is 13.6. The van der Waals surface area contributed by atoms with Gasteiger partial charge in [0.05, 0.1) is 24.8 Å². The molecule has 0 radical (unpaired) electrons. The Kier molecular flexibility index (Phi) is 3.84. The number of nitrogens with zero attached hydrogens (tertiary/aromatic N) is 2. The highest BCUT2D eigenvalue weighted by Crippen LogP contribution is 2.30. The first-order valence-corrected chi connectivity index (χ1v) is 8.98. The molecule has 134 valence electrons. The van der Waals surface area contributed by atoms with Crippen molar-refractivity contribution in [2.75, 3.05) is 13.1 Å². The van der Waals surface area contributed by atoms with Gasteiger partial charge in [-0.1, -0.05) is 12.1 Å². The van der Waals surface area contributed by atoms with E-state index in [-0.39, 0.29) is 10.5 Å². The second-order valence-electron chi connectivity index (χ2n) is 6.46. The van der Waals surface area contributed by atoms with Gasteiger partial charge in [0.15, 0.2) is 0 Å². The van der Waals surface area contributed by atoms with E-state index in [1.165, 1.54) is 32.0 Å². The molecule has 2 N–H and O–H groups in total. The SMILES string of the molecule is CC1(C)NC(=O)N(CC(O)CN2C(=O)c3ccccc3S2(=O)=O)C1=O. The Balaban J connectivity index is 1.77. The fourth-order valence-corrected chi connectivity index (χ4v) is 4.46. The molecular weight excluding hydrogens is 350 g/mol. The zero-order valence-corrected chi connectivity index (χ0v) is 14.4. The fourth-order valence-electron chi connectivity index (χ4n) is 2.86. The second kappa shape index (κ2) is 5.53. The Hall–Kier alpha value is -2.46. The van der Waals surface area contributed by atoms with Gasteiger partial charge in [-0.25, -0.2) is 17.5 Å². The summed E-state index contributed by atoms with van der Waals surface area (Å²) >= 11 is 0. The van der Waals surface area contributed by atoms with Crippen molar-refractivity contribution < 1.29 is 27.9 Å². The minimum Gasteiger partial charge on any atom is -0.389 e. The van der Waals surface area contributed by atoms with Gasteiger partial charge in [0.1, 0.15) is 10.4 Å². The summed E-state index contributed by atoms with van der Waals surface area (Å²) in [4.78, 5) is 36.9. The van der Waals surface area contributed by atoms with Crippen LogP contribution in [0.2, 0.25) is 0 Å². The molecule has 1 fully saturated rings. The van der Waals surface area contributed by atoms with E-state index in [9.17, 15) is 27.9 Å². The molecule has 25 heavy (non-hydrogen) atoms. The molecule has 0 aromatic heterocycles. The smallest absolute Gasteiger partial charge is 0.325 e. The minimum absolute atomic E-state index is 0.0332. The van der Waals surface area contributed by atoms with Gasteiger partial charge < -0.3 is 10.4 Å². The lowest BCUT2D eigenvalue weighted by Crippen LogP contribution is -2.45. The first kappa shape index (κ1) is 17.4. The van der Waals surface area contributed by atoms with Gasteiger partial charge in [0.2, 0.25) is 0 Å². The lowest BCUT2D eigenvalue weighted by atomic mass is 10.1. The molecule has 0 aliphatic carbocycles. The van der Waals surface area contributed by atoms with Gasteiger partial charge in [0.25, 0.3) is 21.8 Å². The number of hydrogen-bond donors (Lipinski definition) is 2. The second-order valence-corrected chi connectivity index (χ2v) is 8.29. The normalized spacial score (nSPS) is 22.1. The average Bonchev–Trinajstić information content (AvgIpc) is 2.84. The van der Waals surface area contributed by atoms with Gasteiger partial charge in [-0.15, -0.1) is 0 Å². The number of carbonyl (C=O) groups is 3. The number of fused-ring (bicyclic) bond motifs is 1. The van der Waals surface area contributed by atoms with E-state index in [4.69, 9.17) is 0 Å². The van der Waals surface area contributed by atoms with E-state index in [0.29, 0.717) is 4.31 Å². The number of β-amino-alcohol motifs (C(OH)–C–C–N with tert-alkyl or cyclic N) is 1. The average molecular weight is 367 g/mol. The molecule has 1 aromatic carbocycles. The van der Waals surface area contributed by atoms with E-state index < -0.39 is 52.6 Å². The Morgan fingerprint density at radius 3 is 2.36 bits per heavy atom. The molecule has 0 spiro atoms. The molecule has 4 amide bonds. The molecule has 0 saturated carbocycles. The van der Waals surface area contributed by atoms with E-state index >= 15 is 0 Å². The molecular formula is C15H17N3O6S. The highest BCUT2D eigenvalue weighted by atomic mass is 32.2. The highest BCUT2D eigenvalue weighted by Gasteiger charge is 2.46. The lowest BCUT2D eigenvalue weighted by molar-refractivity contribution is -0.131. The summed E-state index contributed by atoms with van der Waals surface area (Å²) < 4.78 is 25.4. The third-order valence-electron chi connectivity index (χ3n) is 4.13. The summed E-state index contributed by atoms with van der Waals surface area (Å²) in [6.45, 7) is 2.08. The van der Waals surface area contributed by atoms with Gasteiger partial charge >= 0.3 is 6.03 Å². The van der Waals surface area contributed by atoms with Crippen LogP contribution in [0.3, 0.4) is 0 Å². The number of nitrogens with one attached hydrogen (secondary N) is 1. The first-order chi connectivity index (χ1) is 11.6. The van der Waals surface area contributed by atoms with Crippen LogP contribution in [0.5, 0.6) is 0 Å². The number of carbonyl (C=O) groups excluding carboxylic acids is 3. The van der Waals surface area contributed by atoms with Crippen molar-refractivity contribution in [1.29, 1.82) is 0 Å². The molecule has 1 atom stereocenters. The Morgan fingerprint density at radius 1 is 1.16 bits per heavy atom. The van der Waals surface area contributed by atoms with E-state index in [2.05, 4.69) is 5.32 Å². The molecule has 2 aliphatic heterocycles. The summed E-state index contributed by atoms with van der Waals surface area (Å²) in [7, 11) is -4.05. The van der Waals surface area contributed by atoms with Crippen LogP contribution in [0.15, 0.2) is 29.2 Å². The minimum atomic E-state index is -4.05. The topological polar surface area (TPSA) is 124 Å². The fraction of sp³-hybridized carbons (Fsp3) is 0.400. The van der Waals surface area contributed by atoms with Crippen LogP contribution in [-0.2, 0) is 14.8 Å². The van der Waals surface area contributed by atoms with Crippen molar-refractivity contribution >= 4 is 27.9 Å². The molecule has 2 heterocycles. The number of rotatable bonds is 4. The Labute approximate surface area is 144 Å². The van der Waals surface area contributed by atoms with E-state index in [0.717, 1.165) is 4.90 Å². The maximum Gasteiger partial charge on any atom is 0.325 e. The summed E-state index contributed by atoms with van der Waals surface area (Å²) in [6.07, 6.45) is -1.41. The highest BCUT2D eigenvalue weighted by molar-refractivity contribution is 7.90. The Bertz CT molecular complexity index is 879. The Morgan fingerprint density at radius 2 is 1.80 bits per heavy atom. The number of benzene rings is 1. The van der Waals surface area contributed by atoms with Crippen molar-refractivity contribution in [3.05, 3.63) is 29.8 Å². The standard InChI is InChI=1S/C15H17N3O6S/c1-15(2)13(21)17(14(22)16-15)7-9(19)8-18-12(20)10-5-3-4-6-11(10)25(18,23)24/h3-6,9,19H,7-8H2,1-2H3,(H,16,22). The molecule has 2 aliphatic rings. The van der Waals surface area contributed by atoms with Gasteiger partial charge in [0, 0.05) is 0 Å². The summed E-state index contributed by atoms with van der Waals surface area (Å²) in [6, 6.07) is 5.07. The van der Waals surface area contributed by atoms with Crippen molar-refractivity contribution in [3.8, 4) is 0 Å². The van der Waals surface area contributed by atoms with Crippen molar-refractivity contribution in [2.45, 2.75) is 30.4 Å². The number of aliphatic hydroxyl groups is 1. The van der Waals surface area contributed by atoms with Gasteiger partial charge in [-0.3, -0.25) is 14.5 Å². The largest absolute Gasteiger partial charge is 0.389 e. The maximum atomic E-state index is 12.4. The number of hydrogen-bond acceptors (Lipinski definition) is 6. The van der Waals surface area contributed by atoms with Crippen LogP contribution in [0.4, 0.5) is 4.79 Å². The molecule has 1 unspecified atom stereocenters. The quantitative estimate of drug-likeness (QED) is 0.693. The predicted molar refractivity (Wildman–Crippen MR) is 85.0 cm³/mol. The van der Waals surface area contributed by atoms with E-state index in [1.54, 1.807) is 6.07 Å². The van der Waals surface area contributed by atoms with E-state index in [1.807, 2.05) is 0 Å². The molecule has 10 heteroatoms. The van der Waals surface area contributed by atoms with Crippen LogP contribution in [0.25, 0.3) is 0 Å². The molecule has 9 nitrogen and oxygen atoms in total. The van der Waals surface area contributed by atoms with Crippen LogP contribution in [0, 0.1) is 0 Å². The van der Waals surface area contributed by atoms with Crippen molar-refractivity contribution in [1.82, 2.24) is 14.5 Å². The van der Waals surface area contributed by atoms with Gasteiger partial charge in [-0.05, 0) is 26.0 Å². The third-order valence-corrected chi connectivity index (χ3v) is 5.93.